The van der Waals surface area contributed by atoms with Crippen LogP contribution in [0, 0.1) is 13.8 Å². The number of ether oxygens (including phenoxy) is 2. The first-order valence-corrected chi connectivity index (χ1v) is 15.1. The fraction of sp³-hybridized carbons (Fsp3) is 0.655. The molecular weight excluding hydrogens is 518 g/mol. The Labute approximate surface area is 237 Å². The van der Waals surface area contributed by atoms with Crippen molar-refractivity contribution < 1.29 is 28.7 Å². The van der Waals surface area contributed by atoms with Gasteiger partial charge in [-0.2, -0.15) is 11.8 Å². The number of alkyl carbamates (subject to hydrolysis) is 1. The second-order valence-corrected chi connectivity index (χ2v) is 11.9. The Kier molecular flexibility index (Phi) is 12.6. The lowest BCUT2D eigenvalue weighted by atomic mass is 9.87. The topological polar surface area (TPSA) is 114 Å². The van der Waals surface area contributed by atoms with Crippen LogP contribution < -0.4 is 10.6 Å². The van der Waals surface area contributed by atoms with Gasteiger partial charge in [-0.1, -0.05) is 23.8 Å². The van der Waals surface area contributed by atoms with E-state index in [-0.39, 0.29) is 37.4 Å². The summed E-state index contributed by atoms with van der Waals surface area (Å²) in [5.41, 5.74) is 1.85. The Morgan fingerprint density at radius 1 is 1.15 bits per heavy atom. The van der Waals surface area contributed by atoms with Crippen molar-refractivity contribution in [3.63, 3.8) is 0 Å². The Bertz CT molecular complexity index is 1010. The highest BCUT2D eigenvalue weighted by atomic mass is 32.2. The van der Waals surface area contributed by atoms with E-state index < -0.39 is 29.7 Å². The van der Waals surface area contributed by atoms with E-state index in [0.29, 0.717) is 12.2 Å². The number of rotatable bonds is 13. The molecule has 0 bridgehead atoms. The molecule has 1 aliphatic rings. The Morgan fingerprint density at radius 2 is 1.85 bits per heavy atom. The largest absolute Gasteiger partial charge is 0.466 e. The molecule has 0 spiro atoms. The lowest BCUT2D eigenvalue weighted by Crippen LogP contribution is -2.57. The lowest BCUT2D eigenvalue weighted by Gasteiger charge is -2.44. The van der Waals surface area contributed by atoms with Gasteiger partial charge < -0.3 is 25.0 Å². The van der Waals surface area contributed by atoms with Crippen LogP contribution in [-0.2, 0) is 23.9 Å². The molecule has 0 saturated heterocycles. The van der Waals surface area contributed by atoms with Crippen LogP contribution in [0.2, 0.25) is 0 Å². The fourth-order valence-corrected chi connectivity index (χ4v) is 4.87. The van der Waals surface area contributed by atoms with Crippen molar-refractivity contribution in [3.8, 4) is 0 Å². The normalized spacial score (nSPS) is 14.9. The van der Waals surface area contributed by atoms with E-state index in [1.165, 1.54) is 0 Å². The summed E-state index contributed by atoms with van der Waals surface area (Å²) in [7, 11) is 0. The Hall–Kier alpha value is -2.75. The van der Waals surface area contributed by atoms with Crippen molar-refractivity contribution in [1.29, 1.82) is 0 Å². The number of nitrogens with zero attached hydrogens (tertiary/aromatic N) is 1. The number of nitrogens with one attached hydrogen (secondary N) is 2. The van der Waals surface area contributed by atoms with Crippen LogP contribution in [-0.4, -0.2) is 71.6 Å². The van der Waals surface area contributed by atoms with E-state index in [1.807, 2.05) is 38.3 Å². The molecule has 2 atom stereocenters. The molecule has 218 valence electrons. The van der Waals surface area contributed by atoms with Gasteiger partial charge in [0, 0.05) is 12.6 Å². The molecule has 0 heterocycles. The molecule has 0 aromatic heterocycles. The molecule has 9 nitrogen and oxygen atoms in total. The second kappa shape index (κ2) is 15.1. The number of carbonyl (C=O) groups excluding carboxylic acids is 4. The molecule has 1 aromatic rings. The standard InChI is InChI=1S/C29H45N3O6S/c1-8-37-24(33)14-16-30-26(34)25(22-18-19(2)12-13-20(22)3)32(21-10-9-11-21)27(35)23(15-17-39-7)31-28(36)38-29(4,5)6/h12-13,18,21,23,25H,8-11,14-17H2,1-7H3,(H,30,34)(H,31,36). The zero-order valence-electron chi connectivity index (χ0n) is 24.4. The summed E-state index contributed by atoms with van der Waals surface area (Å²) in [4.78, 5) is 54.3. The number of benzene rings is 1. The molecular formula is C29H45N3O6S. The van der Waals surface area contributed by atoms with Gasteiger partial charge in [0.1, 0.15) is 17.7 Å². The summed E-state index contributed by atoms with van der Waals surface area (Å²) in [6.45, 7) is 11.3. The van der Waals surface area contributed by atoms with E-state index in [9.17, 15) is 19.2 Å². The first-order chi connectivity index (χ1) is 18.4. The molecule has 1 aliphatic carbocycles. The number of amides is 3. The predicted octanol–water partition coefficient (Wildman–Crippen LogP) is 4.44. The smallest absolute Gasteiger partial charge is 0.408 e. The highest BCUT2D eigenvalue weighted by Crippen LogP contribution is 2.35. The van der Waals surface area contributed by atoms with E-state index in [0.717, 1.165) is 36.0 Å². The zero-order chi connectivity index (χ0) is 29.2. The third-order valence-corrected chi connectivity index (χ3v) is 7.16. The van der Waals surface area contributed by atoms with Crippen molar-refractivity contribution in [2.75, 3.05) is 25.2 Å². The van der Waals surface area contributed by atoms with Gasteiger partial charge in [-0.15, -0.1) is 0 Å². The number of hydrogen-bond donors (Lipinski definition) is 2. The van der Waals surface area contributed by atoms with Gasteiger partial charge in [-0.25, -0.2) is 4.79 Å². The molecule has 2 unspecified atom stereocenters. The summed E-state index contributed by atoms with van der Waals surface area (Å²) in [5, 5.41) is 5.64. The highest BCUT2D eigenvalue weighted by molar-refractivity contribution is 7.98. The average molecular weight is 564 g/mol. The first-order valence-electron chi connectivity index (χ1n) is 13.7. The maximum absolute atomic E-state index is 14.3. The molecule has 0 radical (unpaired) electrons. The van der Waals surface area contributed by atoms with Crippen molar-refractivity contribution in [2.45, 2.75) is 97.4 Å². The van der Waals surface area contributed by atoms with E-state index in [4.69, 9.17) is 9.47 Å². The van der Waals surface area contributed by atoms with Gasteiger partial charge >= 0.3 is 12.1 Å². The fourth-order valence-electron chi connectivity index (χ4n) is 4.40. The predicted molar refractivity (Wildman–Crippen MR) is 154 cm³/mol. The third kappa shape index (κ3) is 10.1. The van der Waals surface area contributed by atoms with Crippen LogP contribution >= 0.6 is 11.8 Å². The minimum atomic E-state index is -0.915. The van der Waals surface area contributed by atoms with Crippen LogP contribution in [0.3, 0.4) is 0 Å². The van der Waals surface area contributed by atoms with Gasteiger partial charge in [-0.3, -0.25) is 14.4 Å². The van der Waals surface area contributed by atoms with Crippen molar-refractivity contribution in [3.05, 3.63) is 34.9 Å². The Morgan fingerprint density at radius 3 is 2.41 bits per heavy atom. The second-order valence-electron chi connectivity index (χ2n) is 10.9. The molecule has 39 heavy (non-hydrogen) atoms. The van der Waals surface area contributed by atoms with Gasteiger partial charge in [0.05, 0.1) is 13.0 Å². The quantitative estimate of drug-likeness (QED) is 0.341. The lowest BCUT2D eigenvalue weighted by molar-refractivity contribution is -0.148. The summed E-state index contributed by atoms with van der Waals surface area (Å²) in [6, 6.07) is 3.93. The van der Waals surface area contributed by atoms with Crippen LogP contribution in [0.15, 0.2) is 18.2 Å². The molecule has 10 heteroatoms. The molecule has 0 aliphatic heterocycles. The van der Waals surface area contributed by atoms with Crippen LogP contribution in [0.25, 0.3) is 0 Å². The SMILES string of the molecule is CCOC(=O)CCNC(=O)C(c1cc(C)ccc1C)N(C(=O)C(CCSC)NC(=O)OC(C)(C)C)C1CCC1. The highest BCUT2D eigenvalue weighted by Gasteiger charge is 2.42. The van der Waals surface area contributed by atoms with Crippen LogP contribution in [0.4, 0.5) is 4.79 Å². The number of aryl methyl sites for hydroxylation is 2. The molecule has 2 N–H and O–H groups in total. The third-order valence-electron chi connectivity index (χ3n) is 6.51. The molecule has 1 saturated carbocycles. The number of thioether (sulfide) groups is 1. The summed E-state index contributed by atoms with van der Waals surface area (Å²) >= 11 is 1.57. The Balaban J connectivity index is 2.46. The van der Waals surface area contributed by atoms with Gasteiger partial charge in [0.2, 0.25) is 11.8 Å². The number of carbonyl (C=O) groups is 4. The summed E-state index contributed by atoms with van der Waals surface area (Å²) in [6.07, 6.45) is 4.19. The average Bonchev–Trinajstić information content (AvgIpc) is 2.80. The summed E-state index contributed by atoms with van der Waals surface area (Å²) in [5.74, 6) is -0.434. The molecule has 2 rings (SSSR count). The van der Waals surface area contributed by atoms with Crippen LogP contribution in [0.1, 0.15) is 82.5 Å². The van der Waals surface area contributed by atoms with Gasteiger partial charge in [0.15, 0.2) is 0 Å². The van der Waals surface area contributed by atoms with E-state index in [1.54, 1.807) is 44.4 Å². The van der Waals surface area contributed by atoms with Crippen molar-refractivity contribution in [1.82, 2.24) is 15.5 Å². The minimum absolute atomic E-state index is 0.0347. The van der Waals surface area contributed by atoms with Crippen molar-refractivity contribution >= 4 is 35.6 Å². The zero-order valence-corrected chi connectivity index (χ0v) is 25.2. The maximum atomic E-state index is 14.3. The van der Waals surface area contributed by atoms with Gasteiger partial charge in [-0.05, 0) is 90.4 Å². The van der Waals surface area contributed by atoms with Crippen molar-refractivity contribution in [2.24, 2.45) is 0 Å². The molecule has 3 amide bonds. The first kappa shape index (κ1) is 32.5. The monoisotopic (exact) mass is 563 g/mol. The van der Waals surface area contributed by atoms with Gasteiger partial charge in [0.25, 0.3) is 0 Å². The molecule has 1 aromatic carbocycles. The van der Waals surface area contributed by atoms with Crippen LogP contribution in [0.5, 0.6) is 0 Å². The number of hydrogen-bond acceptors (Lipinski definition) is 7. The van der Waals surface area contributed by atoms with E-state index >= 15 is 0 Å². The maximum Gasteiger partial charge on any atom is 0.408 e. The number of esters is 1. The minimum Gasteiger partial charge on any atom is -0.466 e. The van der Waals surface area contributed by atoms with E-state index in [2.05, 4.69) is 10.6 Å². The molecule has 1 fully saturated rings. The summed E-state index contributed by atoms with van der Waals surface area (Å²) < 4.78 is 10.4.